The third-order valence-electron chi connectivity index (χ3n) is 7.94. The maximum absolute atomic E-state index is 12.6. The minimum Gasteiger partial charge on any atom is -0.465 e. The van der Waals surface area contributed by atoms with E-state index in [2.05, 4.69) is 52.7 Å². The molecular weight excluding hydrogens is 468 g/mol. The largest absolute Gasteiger partial charge is 0.465 e. The average Bonchev–Trinajstić information content (AvgIpc) is 3.15. The molecule has 1 aromatic rings. The number of amides is 1. The van der Waals surface area contributed by atoms with Crippen LogP contribution in [0, 0.1) is 0 Å². The van der Waals surface area contributed by atoms with E-state index in [0.29, 0.717) is 18.5 Å². The van der Waals surface area contributed by atoms with Crippen molar-refractivity contribution in [1.29, 1.82) is 0 Å². The Labute approximate surface area is 220 Å². The van der Waals surface area contributed by atoms with Crippen LogP contribution in [0.2, 0.25) is 18.1 Å². The van der Waals surface area contributed by atoms with E-state index >= 15 is 0 Å². The zero-order valence-corrected chi connectivity index (χ0v) is 25.1. The molecule has 1 aliphatic heterocycles. The Bertz CT molecular complexity index is 850. The van der Waals surface area contributed by atoms with E-state index in [4.69, 9.17) is 9.16 Å². The highest BCUT2D eigenvalue weighted by atomic mass is 28.4. The monoisotopic (exact) mass is 518 g/mol. The van der Waals surface area contributed by atoms with Gasteiger partial charge in [0, 0.05) is 26.1 Å². The van der Waals surface area contributed by atoms with Crippen molar-refractivity contribution in [2.24, 2.45) is 0 Å². The molecule has 0 aliphatic carbocycles. The Morgan fingerprint density at radius 2 is 1.64 bits per heavy atom. The normalized spacial score (nSPS) is 16.9. The molecule has 1 unspecified atom stereocenters. The van der Waals surface area contributed by atoms with Crippen molar-refractivity contribution in [3.8, 4) is 0 Å². The second kappa shape index (κ2) is 13.2. The van der Waals surface area contributed by atoms with Gasteiger partial charge in [-0.1, -0.05) is 59.1 Å². The molecule has 0 aromatic heterocycles. The van der Waals surface area contributed by atoms with Crippen molar-refractivity contribution in [3.63, 3.8) is 0 Å². The molecule has 0 spiro atoms. The molecule has 1 fully saturated rings. The van der Waals surface area contributed by atoms with Crippen molar-refractivity contribution in [3.05, 3.63) is 35.4 Å². The number of hydrazine groups is 1. The van der Waals surface area contributed by atoms with Crippen molar-refractivity contribution in [2.45, 2.75) is 110 Å². The second-order valence-electron chi connectivity index (χ2n) is 12.0. The number of esters is 1. The summed E-state index contributed by atoms with van der Waals surface area (Å²) in [5, 5.41) is 4.34. The van der Waals surface area contributed by atoms with Gasteiger partial charge in [-0.2, -0.15) is 0 Å². The summed E-state index contributed by atoms with van der Waals surface area (Å²) in [4.78, 5) is 24.3. The van der Waals surface area contributed by atoms with Gasteiger partial charge in [-0.25, -0.2) is 9.80 Å². The van der Waals surface area contributed by atoms with Crippen LogP contribution in [0.25, 0.3) is 0 Å². The summed E-state index contributed by atoms with van der Waals surface area (Å²) in [6.07, 6.45) is 8.11. The molecule has 0 N–H and O–H groups in total. The van der Waals surface area contributed by atoms with E-state index in [1.54, 1.807) is 12.1 Å². The first-order valence-electron chi connectivity index (χ1n) is 13.7. The molecule has 1 aliphatic rings. The first-order valence-corrected chi connectivity index (χ1v) is 16.7. The van der Waals surface area contributed by atoms with Crippen molar-refractivity contribution >= 4 is 20.2 Å². The van der Waals surface area contributed by atoms with Crippen LogP contribution in [-0.2, 0) is 20.4 Å². The maximum atomic E-state index is 12.6. The summed E-state index contributed by atoms with van der Waals surface area (Å²) >= 11 is 0. The maximum Gasteiger partial charge on any atom is 0.337 e. The van der Waals surface area contributed by atoms with Crippen LogP contribution in [0.1, 0.15) is 95.5 Å². The van der Waals surface area contributed by atoms with Gasteiger partial charge in [0.25, 0.3) is 0 Å². The van der Waals surface area contributed by atoms with Gasteiger partial charge in [0.2, 0.25) is 5.91 Å². The van der Waals surface area contributed by atoms with Crippen molar-refractivity contribution < 1.29 is 18.8 Å². The molecular formula is C29H50N2O4Si. The first kappa shape index (κ1) is 30.5. The highest BCUT2D eigenvalue weighted by Crippen LogP contribution is 2.41. The van der Waals surface area contributed by atoms with Gasteiger partial charge < -0.3 is 9.16 Å². The highest BCUT2D eigenvalue weighted by molar-refractivity contribution is 6.74. The Balaban J connectivity index is 1.96. The lowest BCUT2D eigenvalue weighted by atomic mass is 9.93. The number of benzene rings is 1. The van der Waals surface area contributed by atoms with Crippen LogP contribution in [0.4, 0.5) is 0 Å². The quantitative estimate of drug-likeness (QED) is 0.158. The van der Waals surface area contributed by atoms with Gasteiger partial charge in [0.15, 0.2) is 8.32 Å². The molecule has 2 rings (SSSR count). The number of unbranched alkanes of at least 4 members (excludes halogenated alkanes) is 2. The predicted molar refractivity (Wildman–Crippen MR) is 149 cm³/mol. The van der Waals surface area contributed by atoms with E-state index in [-0.39, 0.29) is 22.5 Å². The Morgan fingerprint density at radius 3 is 2.22 bits per heavy atom. The molecule has 1 heterocycles. The topological polar surface area (TPSA) is 59.1 Å². The van der Waals surface area contributed by atoms with Gasteiger partial charge in [-0.3, -0.25) is 9.80 Å². The van der Waals surface area contributed by atoms with Crippen LogP contribution in [0.5, 0.6) is 0 Å². The molecule has 7 heteroatoms. The minimum atomic E-state index is -1.88. The molecule has 0 saturated carbocycles. The lowest BCUT2D eigenvalue weighted by Gasteiger charge is -2.45. The predicted octanol–water partition coefficient (Wildman–Crippen LogP) is 6.61. The van der Waals surface area contributed by atoms with E-state index in [1.165, 1.54) is 26.4 Å². The van der Waals surface area contributed by atoms with Crippen LogP contribution < -0.4 is 0 Å². The molecule has 204 valence electrons. The molecule has 1 atom stereocenters. The first-order chi connectivity index (χ1) is 16.8. The second-order valence-corrected chi connectivity index (χ2v) is 16.8. The number of nitrogens with zero attached hydrogens (tertiary/aromatic N) is 2. The molecule has 0 bridgehead atoms. The van der Waals surface area contributed by atoms with Crippen molar-refractivity contribution in [1.82, 2.24) is 10.0 Å². The fraction of sp³-hybridized carbons (Fsp3) is 0.724. The Morgan fingerprint density at radius 1 is 1.00 bits per heavy atom. The summed E-state index contributed by atoms with van der Waals surface area (Å²) in [5.41, 5.74) is 1.53. The van der Waals surface area contributed by atoms with Crippen LogP contribution in [-0.4, -0.2) is 62.6 Å². The summed E-state index contributed by atoms with van der Waals surface area (Å²) in [7, 11) is -0.491. The Kier molecular flexibility index (Phi) is 11.2. The molecule has 6 nitrogen and oxygen atoms in total. The van der Waals surface area contributed by atoms with E-state index in [9.17, 15) is 9.59 Å². The fourth-order valence-electron chi connectivity index (χ4n) is 4.67. The average molecular weight is 519 g/mol. The van der Waals surface area contributed by atoms with E-state index in [0.717, 1.165) is 44.3 Å². The number of methoxy groups -OCH3 is 1. The SMILES string of the molecule is CCCCCC(C)(CCCN1CCC(=O)N1CCc1ccc(C(=O)OC)cc1)O[Si](C)(C)C(C)(C)C. The van der Waals surface area contributed by atoms with Crippen LogP contribution in [0.3, 0.4) is 0 Å². The summed E-state index contributed by atoms with van der Waals surface area (Å²) in [6.45, 7) is 18.5. The summed E-state index contributed by atoms with van der Waals surface area (Å²) < 4.78 is 11.8. The zero-order chi connectivity index (χ0) is 27.0. The number of ether oxygens (including phenoxy) is 1. The highest BCUT2D eigenvalue weighted by Gasteiger charge is 2.42. The lowest BCUT2D eigenvalue weighted by molar-refractivity contribution is -0.138. The fourth-order valence-corrected chi connectivity index (χ4v) is 6.41. The summed E-state index contributed by atoms with van der Waals surface area (Å²) in [6, 6.07) is 7.45. The van der Waals surface area contributed by atoms with Crippen LogP contribution >= 0.6 is 0 Å². The van der Waals surface area contributed by atoms with Gasteiger partial charge in [0.1, 0.15) is 0 Å². The Hall–Kier alpha value is -1.70. The zero-order valence-electron chi connectivity index (χ0n) is 24.1. The van der Waals surface area contributed by atoms with Crippen LogP contribution in [0.15, 0.2) is 24.3 Å². The number of rotatable bonds is 14. The molecule has 36 heavy (non-hydrogen) atoms. The lowest BCUT2D eigenvalue weighted by Crippen LogP contribution is -2.49. The molecule has 1 aromatic carbocycles. The number of carbonyl (C=O) groups is 2. The van der Waals surface area contributed by atoms with Gasteiger partial charge >= 0.3 is 5.97 Å². The third-order valence-corrected chi connectivity index (χ3v) is 12.6. The number of carbonyl (C=O) groups excluding carboxylic acids is 2. The molecule has 1 amide bonds. The minimum absolute atomic E-state index is 0.117. The summed E-state index contributed by atoms with van der Waals surface area (Å²) in [5.74, 6) is -0.133. The van der Waals surface area contributed by atoms with Gasteiger partial charge in [-0.15, -0.1) is 0 Å². The van der Waals surface area contributed by atoms with E-state index in [1.807, 2.05) is 17.1 Å². The smallest absolute Gasteiger partial charge is 0.337 e. The van der Waals surface area contributed by atoms with Crippen molar-refractivity contribution in [2.75, 3.05) is 26.7 Å². The standard InChI is InChI=1S/C29H50N2O4Si/c1-9-10-11-19-29(5,35-36(7,8)28(2,3)4)20-12-21-30-22-18-26(32)31(30)23-17-24-13-15-25(16-14-24)27(33)34-6/h13-16H,9-12,17-23H2,1-8H3. The van der Waals surface area contributed by atoms with Gasteiger partial charge in [-0.05, 0) is 68.4 Å². The number of hydrogen-bond donors (Lipinski definition) is 0. The third kappa shape index (κ3) is 8.70. The molecule has 0 radical (unpaired) electrons. The number of hydrogen-bond acceptors (Lipinski definition) is 5. The van der Waals surface area contributed by atoms with Gasteiger partial charge in [0.05, 0.1) is 18.3 Å². The van der Waals surface area contributed by atoms with E-state index < -0.39 is 8.32 Å². The molecule has 1 saturated heterocycles.